The topological polar surface area (TPSA) is 64.6 Å². The van der Waals surface area contributed by atoms with E-state index < -0.39 is 18.0 Å². The molecule has 2 rings (SSSR count). The zero-order valence-electron chi connectivity index (χ0n) is 13.0. The summed E-state index contributed by atoms with van der Waals surface area (Å²) in [5, 5.41) is 3.33. The molecule has 0 aliphatic rings. The highest BCUT2D eigenvalue weighted by Gasteiger charge is 2.20. The number of methoxy groups -OCH3 is 1. The zero-order valence-corrected chi connectivity index (χ0v) is 14.5. The summed E-state index contributed by atoms with van der Waals surface area (Å²) in [6, 6.07) is 11.1. The fraction of sp³-hybridized carbons (Fsp3) is 0.176. The van der Waals surface area contributed by atoms with Crippen molar-refractivity contribution in [3.63, 3.8) is 0 Å². The van der Waals surface area contributed by atoms with Crippen LogP contribution in [0, 0.1) is 0 Å². The second-order valence-electron chi connectivity index (χ2n) is 4.89. The van der Waals surface area contributed by atoms with Gasteiger partial charge in [0.05, 0.1) is 23.4 Å². The molecule has 1 atom stereocenters. The van der Waals surface area contributed by atoms with Gasteiger partial charge in [-0.2, -0.15) is 0 Å². The molecule has 0 fully saturated rings. The molecule has 2 aromatic rings. The Morgan fingerprint density at radius 2 is 1.88 bits per heavy atom. The Morgan fingerprint density at radius 1 is 1.12 bits per heavy atom. The Morgan fingerprint density at radius 3 is 2.54 bits per heavy atom. The Hall–Kier alpha value is -2.24. The fourth-order valence-corrected chi connectivity index (χ4v) is 2.31. The van der Waals surface area contributed by atoms with Gasteiger partial charge in [-0.05, 0) is 43.3 Å². The number of amides is 1. The lowest BCUT2D eigenvalue weighted by Gasteiger charge is -2.14. The normalized spacial score (nSPS) is 11.5. The third-order valence-electron chi connectivity index (χ3n) is 3.15. The molecule has 1 amide bonds. The van der Waals surface area contributed by atoms with E-state index in [1.54, 1.807) is 30.3 Å². The van der Waals surface area contributed by atoms with Crippen LogP contribution in [0.5, 0.6) is 5.75 Å². The number of ether oxygens (including phenoxy) is 2. The lowest BCUT2D eigenvalue weighted by atomic mass is 10.2. The Labute approximate surface area is 149 Å². The van der Waals surface area contributed by atoms with Crippen LogP contribution >= 0.6 is 23.2 Å². The molecule has 126 valence electrons. The van der Waals surface area contributed by atoms with Gasteiger partial charge in [0.1, 0.15) is 5.75 Å². The standard InChI is InChI=1S/C17H15Cl2NO4/c1-10(16(21)20-15-7-6-12(18)9-14(15)19)24-17(22)11-4-3-5-13(8-11)23-2/h3-10H,1-2H3,(H,20,21)/t10-/m0/s1. The Balaban J connectivity index is 2.01. The van der Waals surface area contributed by atoms with Gasteiger partial charge in [-0.25, -0.2) is 4.79 Å². The van der Waals surface area contributed by atoms with Crippen molar-refractivity contribution in [2.24, 2.45) is 0 Å². The molecule has 7 heteroatoms. The molecule has 0 saturated heterocycles. The minimum absolute atomic E-state index is 0.290. The first-order valence-electron chi connectivity index (χ1n) is 7.01. The van der Waals surface area contributed by atoms with Crippen molar-refractivity contribution in [1.82, 2.24) is 0 Å². The first-order chi connectivity index (χ1) is 11.4. The van der Waals surface area contributed by atoms with E-state index in [9.17, 15) is 9.59 Å². The van der Waals surface area contributed by atoms with E-state index in [1.165, 1.54) is 26.2 Å². The van der Waals surface area contributed by atoms with Crippen LogP contribution in [0.2, 0.25) is 10.0 Å². The molecular weight excluding hydrogens is 353 g/mol. The number of carbonyl (C=O) groups is 2. The monoisotopic (exact) mass is 367 g/mol. The number of hydrogen-bond donors (Lipinski definition) is 1. The van der Waals surface area contributed by atoms with Gasteiger partial charge in [0.2, 0.25) is 0 Å². The Kier molecular flexibility index (Phi) is 6.06. The summed E-state index contributed by atoms with van der Waals surface area (Å²) < 4.78 is 10.2. The highest BCUT2D eigenvalue weighted by molar-refractivity contribution is 6.36. The predicted molar refractivity (Wildman–Crippen MR) is 93.0 cm³/mol. The molecule has 0 radical (unpaired) electrons. The maximum absolute atomic E-state index is 12.1. The summed E-state index contributed by atoms with van der Waals surface area (Å²) in [5.41, 5.74) is 0.675. The third kappa shape index (κ3) is 4.63. The predicted octanol–water partition coefficient (Wildman–Crippen LogP) is 4.19. The van der Waals surface area contributed by atoms with Crippen molar-refractivity contribution in [1.29, 1.82) is 0 Å². The van der Waals surface area contributed by atoms with Crippen LogP contribution < -0.4 is 10.1 Å². The molecule has 0 aromatic heterocycles. The fourth-order valence-electron chi connectivity index (χ4n) is 1.86. The van der Waals surface area contributed by atoms with E-state index in [0.29, 0.717) is 27.0 Å². The minimum Gasteiger partial charge on any atom is -0.497 e. The van der Waals surface area contributed by atoms with Gasteiger partial charge < -0.3 is 14.8 Å². The number of esters is 1. The van der Waals surface area contributed by atoms with Crippen molar-refractivity contribution in [3.8, 4) is 5.75 Å². The van der Waals surface area contributed by atoms with Crippen LogP contribution in [0.4, 0.5) is 5.69 Å². The maximum Gasteiger partial charge on any atom is 0.339 e. The van der Waals surface area contributed by atoms with E-state index in [-0.39, 0.29) is 0 Å². The number of anilines is 1. The summed E-state index contributed by atoms with van der Waals surface area (Å²) in [4.78, 5) is 24.2. The second kappa shape index (κ2) is 8.04. The van der Waals surface area contributed by atoms with Crippen LogP contribution in [0.15, 0.2) is 42.5 Å². The van der Waals surface area contributed by atoms with Gasteiger partial charge in [-0.15, -0.1) is 0 Å². The molecule has 0 aliphatic carbocycles. The third-order valence-corrected chi connectivity index (χ3v) is 3.70. The molecule has 0 aliphatic heterocycles. The molecule has 0 unspecified atom stereocenters. The zero-order chi connectivity index (χ0) is 17.7. The van der Waals surface area contributed by atoms with Crippen molar-refractivity contribution in [2.75, 3.05) is 12.4 Å². The molecule has 24 heavy (non-hydrogen) atoms. The van der Waals surface area contributed by atoms with Crippen LogP contribution in [-0.4, -0.2) is 25.1 Å². The number of benzene rings is 2. The summed E-state index contributed by atoms with van der Waals surface area (Å²) >= 11 is 11.8. The first kappa shape index (κ1) is 18.1. The van der Waals surface area contributed by atoms with Gasteiger partial charge in [0, 0.05) is 5.02 Å². The number of carbonyl (C=O) groups excluding carboxylic acids is 2. The van der Waals surface area contributed by atoms with E-state index in [1.807, 2.05) is 0 Å². The van der Waals surface area contributed by atoms with Gasteiger partial charge >= 0.3 is 5.97 Å². The van der Waals surface area contributed by atoms with Gasteiger partial charge in [0.25, 0.3) is 5.91 Å². The molecule has 0 spiro atoms. The van der Waals surface area contributed by atoms with Crippen molar-refractivity contribution in [3.05, 3.63) is 58.1 Å². The van der Waals surface area contributed by atoms with Crippen LogP contribution in [0.3, 0.4) is 0 Å². The quantitative estimate of drug-likeness (QED) is 0.804. The number of hydrogen-bond acceptors (Lipinski definition) is 4. The summed E-state index contributed by atoms with van der Waals surface area (Å²) in [7, 11) is 1.50. The Bertz CT molecular complexity index is 764. The largest absolute Gasteiger partial charge is 0.497 e. The van der Waals surface area contributed by atoms with Crippen molar-refractivity contribution in [2.45, 2.75) is 13.0 Å². The average Bonchev–Trinajstić information content (AvgIpc) is 2.57. The lowest BCUT2D eigenvalue weighted by molar-refractivity contribution is -0.123. The van der Waals surface area contributed by atoms with E-state index in [2.05, 4.69) is 5.32 Å². The summed E-state index contributed by atoms with van der Waals surface area (Å²) in [5.74, 6) is -0.608. The highest BCUT2D eigenvalue weighted by atomic mass is 35.5. The summed E-state index contributed by atoms with van der Waals surface area (Å²) in [6.45, 7) is 1.47. The second-order valence-corrected chi connectivity index (χ2v) is 5.74. The van der Waals surface area contributed by atoms with Crippen molar-refractivity contribution < 1.29 is 19.1 Å². The van der Waals surface area contributed by atoms with Gasteiger partial charge in [-0.1, -0.05) is 29.3 Å². The maximum atomic E-state index is 12.1. The highest BCUT2D eigenvalue weighted by Crippen LogP contribution is 2.25. The molecular formula is C17H15Cl2NO4. The first-order valence-corrected chi connectivity index (χ1v) is 7.77. The van der Waals surface area contributed by atoms with Crippen LogP contribution in [-0.2, 0) is 9.53 Å². The van der Waals surface area contributed by atoms with Crippen molar-refractivity contribution >= 4 is 40.8 Å². The number of rotatable bonds is 5. The molecule has 2 aromatic carbocycles. The molecule has 5 nitrogen and oxygen atoms in total. The van der Waals surface area contributed by atoms with E-state index in [0.717, 1.165) is 0 Å². The minimum atomic E-state index is -1.00. The summed E-state index contributed by atoms with van der Waals surface area (Å²) in [6.07, 6.45) is -1.00. The number of nitrogens with one attached hydrogen (secondary N) is 1. The van der Waals surface area contributed by atoms with E-state index in [4.69, 9.17) is 32.7 Å². The van der Waals surface area contributed by atoms with Crippen LogP contribution in [0.1, 0.15) is 17.3 Å². The average molecular weight is 368 g/mol. The van der Waals surface area contributed by atoms with Crippen LogP contribution in [0.25, 0.3) is 0 Å². The SMILES string of the molecule is COc1cccc(C(=O)O[C@@H](C)C(=O)Nc2ccc(Cl)cc2Cl)c1. The van der Waals surface area contributed by atoms with Gasteiger partial charge in [0.15, 0.2) is 6.10 Å². The van der Waals surface area contributed by atoms with Gasteiger partial charge in [-0.3, -0.25) is 4.79 Å². The van der Waals surface area contributed by atoms with E-state index >= 15 is 0 Å². The smallest absolute Gasteiger partial charge is 0.339 e. The molecule has 0 saturated carbocycles. The lowest BCUT2D eigenvalue weighted by Crippen LogP contribution is -2.30. The molecule has 1 N–H and O–H groups in total. The molecule has 0 bridgehead atoms. The number of halogens is 2. The molecule has 0 heterocycles.